The van der Waals surface area contributed by atoms with E-state index in [1.54, 1.807) is 54.6 Å². The molecule has 2 N–H and O–H groups in total. The molecular formula is C21H16N4O2. The number of rotatable bonds is 5. The molecule has 2 aromatic carbocycles. The van der Waals surface area contributed by atoms with Crippen LogP contribution in [-0.2, 0) is 0 Å². The Balaban J connectivity index is 1.71. The van der Waals surface area contributed by atoms with Crippen LogP contribution in [-0.4, -0.2) is 16.7 Å². The van der Waals surface area contributed by atoms with Crippen LogP contribution in [0, 0.1) is 11.3 Å². The minimum Gasteiger partial charge on any atom is -0.339 e. The average molecular weight is 356 g/mol. The molecule has 1 heterocycles. The number of amides is 1. The summed E-state index contributed by atoms with van der Waals surface area (Å²) < 4.78 is 0. The largest absolute Gasteiger partial charge is 0.339 e. The maximum absolute atomic E-state index is 12.4. The second-order valence-electron chi connectivity index (χ2n) is 5.81. The number of nitrogens with zero attached hydrogens (tertiary/aromatic N) is 2. The van der Waals surface area contributed by atoms with Crippen molar-refractivity contribution in [2.24, 2.45) is 0 Å². The van der Waals surface area contributed by atoms with Gasteiger partial charge in [-0.05, 0) is 43.3 Å². The van der Waals surface area contributed by atoms with E-state index in [0.717, 1.165) is 0 Å². The number of para-hydroxylation sites is 1. The number of benzene rings is 2. The van der Waals surface area contributed by atoms with E-state index in [-0.39, 0.29) is 11.7 Å². The molecule has 0 aliphatic heterocycles. The highest BCUT2D eigenvalue weighted by molar-refractivity contribution is 6.05. The van der Waals surface area contributed by atoms with Crippen molar-refractivity contribution < 1.29 is 9.59 Å². The van der Waals surface area contributed by atoms with Gasteiger partial charge >= 0.3 is 0 Å². The SMILES string of the molecule is CC(=O)c1cccc(NC(=O)c2ccc(Nc3ccccc3C#N)nc2)c1. The molecule has 0 fully saturated rings. The molecule has 0 unspecified atom stereocenters. The van der Waals surface area contributed by atoms with Gasteiger partial charge in [0.1, 0.15) is 11.9 Å². The molecule has 0 radical (unpaired) electrons. The molecule has 0 bridgehead atoms. The maximum Gasteiger partial charge on any atom is 0.257 e. The van der Waals surface area contributed by atoms with E-state index in [1.165, 1.54) is 13.1 Å². The molecule has 6 heteroatoms. The lowest BCUT2D eigenvalue weighted by Gasteiger charge is -2.09. The molecule has 27 heavy (non-hydrogen) atoms. The highest BCUT2D eigenvalue weighted by Gasteiger charge is 2.09. The fraction of sp³-hybridized carbons (Fsp3) is 0.0476. The first-order valence-corrected chi connectivity index (χ1v) is 8.21. The summed E-state index contributed by atoms with van der Waals surface area (Å²) in [4.78, 5) is 28.0. The zero-order chi connectivity index (χ0) is 19.2. The molecular weight excluding hydrogens is 340 g/mol. The predicted octanol–water partition coefficient (Wildman–Crippen LogP) is 4.15. The molecule has 0 saturated carbocycles. The minimum absolute atomic E-state index is 0.0687. The predicted molar refractivity (Wildman–Crippen MR) is 103 cm³/mol. The number of pyridine rings is 1. The number of carbonyl (C=O) groups excluding carboxylic acids is 2. The molecule has 6 nitrogen and oxygen atoms in total. The summed E-state index contributed by atoms with van der Waals surface area (Å²) in [6.45, 7) is 1.47. The molecule has 3 rings (SSSR count). The Kier molecular flexibility index (Phi) is 5.24. The van der Waals surface area contributed by atoms with Gasteiger partial charge in [0, 0.05) is 17.4 Å². The molecule has 0 aliphatic rings. The lowest BCUT2D eigenvalue weighted by Crippen LogP contribution is -2.12. The Morgan fingerprint density at radius 2 is 1.81 bits per heavy atom. The third-order valence-corrected chi connectivity index (χ3v) is 3.86. The second-order valence-corrected chi connectivity index (χ2v) is 5.81. The maximum atomic E-state index is 12.4. The molecule has 1 amide bonds. The van der Waals surface area contributed by atoms with Crippen LogP contribution >= 0.6 is 0 Å². The molecule has 0 saturated heterocycles. The van der Waals surface area contributed by atoms with Gasteiger partial charge in [-0.25, -0.2) is 4.98 Å². The highest BCUT2D eigenvalue weighted by Crippen LogP contribution is 2.19. The second kappa shape index (κ2) is 7.93. The Bertz CT molecular complexity index is 1040. The number of nitrogens with one attached hydrogen (secondary N) is 2. The van der Waals surface area contributed by atoms with Crippen LogP contribution in [0.2, 0.25) is 0 Å². The van der Waals surface area contributed by atoms with Crippen molar-refractivity contribution in [2.75, 3.05) is 10.6 Å². The number of carbonyl (C=O) groups is 2. The number of ketones is 1. The number of nitriles is 1. The Morgan fingerprint density at radius 1 is 1.00 bits per heavy atom. The van der Waals surface area contributed by atoms with Gasteiger partial charge < -0.3 is 10.6 Å². The van der Waals surface area contributed by atoms with E-state index >= 15 is 0 Å². The van der Waals surface area contributed by atoms with E-state index in [2.05, 4.69) is 21.7 Å². The van der Waals surface area contributed by atoms with Gasteiger partial charge in [0.25, 0.3) is 5.91 Å². The number of aromatic nitrogens is 1. The smallest absolute Gasteiger partial charge is 0.257 e. The Labute approximate surface area is 156 Å². The fourth-order valence-corrected chi connectivity index (χ4v) is 2.45. The van der Waals surface area contributed by atoms with Crippen LogP contribution in [0.3, 0.4) is 0 Å². The summed E-state index contributed by atoms with van der Waals surface area (Å²) >= 11 is 0. The van der Waals surface area contributed by atoms with E-state index in [4.69, 9.17) is 5.26 Å². The van der Waals surface area contributed by atoms with E-state index in [1.807, 2.05) is 6.07 Å². The average Bonchev–Trinajstić information content (AvgIpc) is 2.69. The van der Waals surface area contributed by atoms with E-state index in [9.17, 15) is 9.59 Å². The summed E-state index contributed by atoms with van der Waals surface area (Å²) in [5.41, 5.74) is 2.60. The van der Waals surface area contributed by atoms with Gasteiger partial charge in [0.2, 0.25) is 0 Å². The van der Waals surface area contributed by atoms with Crippen LogP contribution in [0.1, 0.15) is 33.2 Å². The van der Waals surface area contributed by atoms with Crippen LogP contribution < -0.4 is 10.6 Å². The van der Waals surface area contributed by atoms with Gasteiger partial charge in [-0.2, -0.15) is 5.26 Å². The topological polar surface area (TPSA) is 94.9 Å². The molecule has 0 atom stereocenters. The summed E-state index contributed by atoms with van der Waals surface area (Å²) in [5, 5.41) is 14.9. The highest BCUT2D eigenvalue weighted by atomic mass is 16.1. The van der Waals surface area contributed by atoms with Crippen molar-refractivity contribution in [3.8, 4) is 6.07 Å². The van der Waals surface area contributed by atoms with Crippen molar-refractivity contribution in [1.29, 1.82) is 5.26 Å². The third kappa shape index (κ3) is 4.35. The number of hydrogen-bond acceptors (Lipinski definition) is 5. The summed E-state index contributed by atoms with van der Waals surface area (Å²) in [5.74, 6) is 0.126. The molecule has 0 spiro atoms. The van der Waals surface area contributed by atoms with Crippen molar-refractivity contribution in [1.82, 2.24) is 4.98 Å². The number of hydrogen-bond donors (Lipinski definition) is 2. The van der Waals surface area contributed by atoms with Gasteiger partial charge in [-0.3, -0.25) is 9.59 Å². The van der Waals surface area contributed by atoms with Gasteiger partial charge in [0.05, 0.1) is 16.8 Å². The Morgan fingerprint density at radius 3 is 2.52 bits per heavy atom. The van der Waals surface area contributed by atoms with Crippen LogP contribution in [0.5, 0.6) is 0 Å². The van der Waals surface area contributed by atoms with Gasteiger partial charge in [-0.1, -0.05) is 24.3 Å². The first-order valence-electron chi connectivity index (χ1n) is 8.21. The van der Waals surface area contributed by atoms with Crippen molar-refractivity contribution in [3.05, 3.63) is 83.6 Å². The van der Waals surface area contributed by atoms with Crippen LogP contribution in [0.15, 0.2) is 66.9 Å². The third-order valence-electron chi connectivity index (χ3n) is 3.86. The Hall–Kier alpha value is -3.98. The van der Waals surface area contributed by atoms with Crippen molar-refractivity contribution >= 4 is 28.9 Å². The van der Waals surface area contributed by atoms with E-state index < -0.39 is 0 Å². The monoisotopic (exact) mass is 356 g/mol. The standard InChI is InChI=1S/C21H16N4O2/c1-14(26)15-6-4-7-18(11-15)24-21(27)17-9-10-20(23-13-17)25-19-8-3-2-5-16(19)12-22/h2-11,13H,1H3,(H,23,25)(H,24,27). The zero-order valence-electron chi connectivity index (χ0n) is 14.6. The molecule has 1 aromatic heterocycles. The van der Waals surface area contributed by atoms with Crippen molar-refractivity contribution in [2.45, 2.75) is 6.92 Å². The lowest BCUT2D eigenvalue weighted by atomic mass is 10.1. The fourth-order valence-electron chi connectivity index (χ4n) is 2.45. The summed E-state index contributed by atoms with van der Waals surface area (Å²) in [6.07, 6.45) is 1.45. The quantitative estimate of drug-likeness (QED) is 0.670. The molecule has 3 aromatic rings. The van der Waals surface area contributed by atoms with Crippen molar-refractivity contribution in [3.63, 3.8) is 0 Å². The number of Topliss-reactive ketones (excluding diaryl/α,β-unsaturated/α-hetero) is 1. The van der Waals surface area contributed by atoms with Gasteiger partial charge in [0.15, 0.2) is 5.78 Å². The summed E-state index contributed by atoms with van der Waals surface area (Å²) in [7, 11) is 0. The number of anilines is 3. The first kappa shape index (κ1) is 17.8. The minimum atomic E-state index is -0.327. The normalized spacial score (nSPS) is 9.93. The van der Waals surface area contributed by atoms with Crippen LogP contribution in [0.4, 0.5) is 17.2 Å². The molecule has 0 aliphatic carbocycles. The first-order chi connectivity index (χ1) is 13.1. The zero-order valence-corrected chi connectivity index (χ0v) is 14.6. The van der Waals surface area contributed by atoms with Crippen LogP contribution in [0.25, 0.3) is 0 Å². The van der Waals surface area contributed by atoms with Gasteiger partial charge in [-0.15, -0.1) is 0 Å². The van der Waals surface area contributed by atoms with E-state index in [0.29, 0.717) is 33.9 Å². The summed E-state index contributed by atoms with van der Waals surface area (Å²) in [6, 6.07) is 19.2. The molecule has 132 valence electrons. The lowest BCUT2D eigenvalue weighted by molar-refractivity contribution is 0.101.